The van der Waals surface area contributed by atoms with E-state index in [-0.39, 0.29) is 5.56 Å². The maximum absolute atomic E-state index is 12.5. The van der Waals surface area contributed by atoms with Gasteiger partial charge in [0.05, 0.1) is 11.1 Å². The minimum atomic E-state index is -0.0666. The summed E-state index contributed by atoms with van der Waals surface area (Å²) in [5.41, 5.74) is 3.16. The first-order valence-corrected chi connectivity index (χ1v) is 8.10. The van der Waals surface area contributed by atoms with Gasteiger partial charge in [0.1, 0.15) is 16.5 Å². The van der Waals surface area contributed by atoms with E-state index in [1.165, 1.54) is 24.8 Å². The molecule has 0 amide bonds. The zero-order valence-corrected chi connectivity index (χ0v) is 13.6. The van der Waals surface area contributed by atoms with Crippen LogP contribution in [0.3, 0.4) is 0 Å². The van der Waals surface area contributed by atoms with Crippen molar-refractivity contribution in [1.82, 2.24) is 14.5 Å². The van der Waals surface area contributed by atoms with Crippen LogP contribution in [0.25, 0.3) is 16.5 Å². The predicted molar refractivity (Wildman–Crippen MR) is 88.0 cm³/mol. The van der Waals surface area contributed by atoms with Gasteiger partial charge in [-0.05, 0) is 56.1 Å². The van der Waals surface area contributed by atoms with Crippen LogP contribution in [0.2, 0.25) is 5.15 Å². The van der Waals surface area contributed by atoms with Crippen molar-refractivity contribution < 1.29 is 0 Å². The molecule has 0 radical (unpaired) electrons. The molecule has 0 unspecified atom stereocenters. The van der Waals surface area contributed by atoms with E-state index in [2.05, 4.69) is 16.0 Å². The Balaban J connectivity index is 1.94. The standard InChI is InChI=1S/C17H18ClN3O/c1-10-19-15-12(16(22)21(10)2)9-13(18)20-14(15)11-3-5-17(6-4-11)7-8-17/h3,9H,4-8H2,1-2H3. The molecule has 22 heavy (non-hydrogen) atoms. The van der Waals surface area contributed by atoms with Crippen molar-refractivity contribution in [1.29, 1.82) is 0 Å². The number of pyridine rings is 1. The third-order valence-electron chi connectivity index (χ3n) is 5.22. The Morgan fingerprint density at radius 3 is 2.68 bits per heavy atom. The minimum absolute atomic E-state index is 0.0666. The Kier molecular flexibility index (Phi) is 2.95. The third-order valence-corrected chi connectivity index (χ3v) is 5.42. The highest BCUT2D eigenvalue weighted by Crippen LogP contribution is 2.56. The molecule has 0 N–H and O–H groups in total. The Bertz CT molecular complexity index is 878. The summed E-state index contributed by atoms with van der Waals surface area (Å²) in [7, 11) is 1.73. The van der Waals surface area contributed by atoms with Crippen molar-refractivity contribution in [2.75, 3.05) is 0 Å². The second kappa shape index (κ2) is 4.66. The van der Waals surface area contributed by atoms with Crippen LogP contribution in [0, 0.1) is 12.3 Å². The number of fused-ring (bicyclic) bond motifs is 1. The monoisotopic (exact) mass is 315 g/mol. The summed E-state index contributed by atoms with van der Waals surface area (Å²) in [6.45, 7) is 1.84. The fourth-order valence-corrected chi connectivity index (χ4v) is 3.55. The number of hydrogen-bond donors (Lipinski definition) is 0. The van der Waals surface area contributed by atoms with E-state index < -0.39 is 0 Å². The van der Waals surface area contributed by atoms with Crippen molar-refractivity contribution in [3.8, 4) is 0 Å². The molecule has 5 heteroatoms. The maximum Gasteiger partial charge on any atom is 0.261 e. The smallest absolute Gasteiger partial charge is 0.261 e. The molecule has 4 nitrogen and oxygen atoms in total. The van der Waals surface area contributed by atoms with Crippen LogP contribution < -0.4 is 5.56 Å². The van der Waals surface area contributed by atoms with E-state index in [0.29, 0.717) is 27.3 Å². The van der Waals surface area contributed by atoms with Crippen molar-refractivity contribution in [2.24, 2.45) is 12.5 Å². The summed E-state index contributed by atoms with van der Waals surface area (Å²) in [4.78, 5) is 21.6. The first-order valence-electron chi connectivity index (χ1n) is 7.72. The number of hydrogen-bond acceptors (Lipinski definition) is 3. The zero-order valence-electron chi connectivity index (χ0n) is 12.8. The molecule has 0 bridgehead atoms. The molecule has 0 aliphatic heterocycles. The number of halogens is 1. The molecular formula is C17H18ClN3O. The van der Waals surface area contributed by atoms with Gasteiger partial charge in [-0.25, -0.2) is 9.97 Å². The number of aryl methyl sites for hydroxylation is 1. The quantitative estimate of drug-likeness (QED) is 0.755. The van der Waals surface area contributed by atoms with Gasteiger partial charge in [0, 0.05) is 7.05 Å². The molecule has 1 fully saturated rings. The first kappa shape index (κ1) is 13.9. The van der Waals surface area contributed by atoms with Crippen LogP contribution in [-0.4, -0.2) is 14.5 Å². The molecule has 1 saturated carbocycles. The van der Waals surface area contributed by atoms with Crippen molar-refractivity contribution in [3.63, 3.8) is 0 Å². The minimum Gasteiger partial charge on any atom is -0.299 e. The Labute approximate surface area is 133 Å². The van der Waals surface area contributed by atoms with E-state index in [0.717, 1.165) is 18.5 Å². The lowest BCUT2D eigenvalue weighted by molar-refractivity contribution is 0.466. The van der Waals surface area contributed by atoms with E-state index in [1.807, 2.05) is 6.92 Å². The number of aromatic nitrogens is 3. The highest BCUT2D eigenvalue weighted by Gasteiger charge is 2.43. The van der Waals surface area contributed by atoms with E-state index in [1.54, 1.807) is 17.7 Å². The van der Waals surface area contributed by atoms with Gasteiger partial charge < -0.3 is 0 Å². The number of allylic oxidation sites excluding steroid dienone is 2. The van der Waals surface area contributed by atoms with Gasteiger partial charge in [-0.15, -0.1) is 0 Å². The summed E-state index contributed by atoms with van der Waals surface area (Å²) < 4.78 is 1.55. The van der Waals surface area contributed by atoms with Gasteiger partial charge in [-0.1, -0.05) is 17.7 Å². The third kappa shape index (κ3) is 2.09. The van der Waals surface area contributed by atoms with Crippen LogP contribution >= 0.6 is 11.6 Å². The molecule has 2 heterocycles. The van der Waals surface area contributed by atoms with Gasteiger partial charge >= 0.3 is 0 Å². The topological polar surface area (TPSA) is 47.8 Å². The van der Waals surface area contributed by atoms with E-state index in [9.17, 15) is 4.79 Å². The molecular weight excluding hydrogens is 298 g/mol. The lowest BCUT2D eigenvalue weighted by atomic mass is 9.85. The Hall–Kier alpha value is -1.68. The zero-order chi connectivity index (χ0) is 15.5. The normalized spacial score (nSPS) is 19.5. The second-order valence-electron chi connectivity index (χ2n) is 6.65. The van der Waals surface area contributed by atoms with Crippen molar-refractivity contribution >= 4 is 28.1 Å². The molecule has 2 aliphatic carbocycles. The van der Waals surface area contributed by atoms with Gasteiger partial charge in [0.2, 0.25) is 0 Å². The highest BCUT2D eigenvalue weighted by molar-refractivity contribution is 6.30. The van der Waals surface area contributed by atoms with Gasteiger partial charge in [-0.3, -0.25) is 9.36 Å². The van der Waals surface area contributed by atoms with Crippen LogP contribution in [0.1, 0.15) is 43.6 Å². The van der Waals surface area contributed by atoms with Crippen molar-refractivity contribution in [3.05, 3.63) is 39.2 Å². The first-order chi connectivity index (χ1) is 10.5. The molecule has 0 aromatic carbocycles. The molecule has 0 atom stereocenters. The van der Waals surface area contributed by atoms with Crippen LogP contribution in [0.4, 0.5) is 0 Å². The molecule has 1 spiro atoms. The fourth-order valence-electron chi connectivity index (χ4n) is 3.36. The molecule has 114 valence electrons. The summed E-state index contributed by atoms with van der Waals surface area (Å²) in [5, 5.41) is 0.911. The maximum atomic E-state index is 12.5. The van der Waals surface area contributed by atoms with Crippen molar-refractivity contribution in [2.45, 2.75) is 39.0 Å². The lowest BCUT2D eigenvalue weighted by Gasteiger charge is -2.21. The van der Waals surface area contributed by atoms with E-state index in [4.69, 9.17) is 11.6 Å². The lowest BCUT2D eigenvalue weighted by Crippen LogP contribution is -2.21. The average Bonchev–Trinajstić information content (AvgIpc) is 3.26. The molecule has 4 rings (SSSR count). The summed E-state index contributed by atoms with van der Waals surface area (Å²) in [6, 6.07) is 1.63. The molecule has 2 aromatic rings. The van der Waals surface area contributed by atoms with Crippen LogP contribution in [-0.2, 0) is 7.05 Å². The van der Waals surface area contributed by atoms with Gasteiger partial charge in [-0.2, -0.15) is 0 Å². The molecule has 2 aromatic heterocycles. The fraction of sp³-hybridized carbons (Fsp3) is 0.471. The summed E-state index contributed by atoms with van der Waals surface area (Å²) in [5.74, 6) is 0.693. The Morgan fingerprint density at radius 1 is 1.27 bits per heavy atom. The summed E-state index contributed by atoms with van der Waals surface area (Å²) in [6.07, 6.45) is 8.29. The predicted octanol–water partition coefficient (Wildman–Crippen LogP) is 3.64. The summed E-state index contributed by atoms with van der Waals surface area (Å²) >= 11 is 6.16. The molecule has 0 saturated heterocycles. The number of nitrogens with zero attached hydrogens (tertiary/aromatic N) is 3. The molecule has 2 aliphatic rings. The second-order valence-corrected chi connectivity index (χ2v) is 7.03. The SMILES string of the molecule is Cc1nc2c(C3=CCC4(CC3)CC4)nc(Cl)cc2c(=O)n1C. The Morgan fingerprint density at radius 2 is 2.05 bits per heavy atom. The largest absolute Gasteiger partial charge is 0.299 e. The van der Waals surface area contributed by atoms with Crippen LogP contribution in [0.15, 0.2) is 16.9 Å². The van der Waals surface area contributed by atoms with Gasteiger partial charge in [0.15, 0.2) is 0 Å². The number of rotatable bonds is 1. The average molecular weight is 316 g/mol. The van der Waals surface area contributed by atoms with E-state index >= 15 is 0 Å². The van der Waals surface area contributed by atoms with Gasteiger partial charge in [0.25, 0.3) is 5.56 Å². The highest BCUT2D eigenvalue weighted by atomic mass is 35.5. The van der Waals surface area contributed by atoms with Crippen LogP contribution in [0.5, 0.6) is 0 Å².